The van der Waals surface area contributed by atoms with E-state index < -0.39 is 6.04 Å². The number of ether oxygens (including phenoxy) is 2. The standard InChI is InChI=1S/C32H33FN2O3.ClH/c1-37-31-21-25(15-16-30(31)38-23-27-13-8-14-28(33)19-27)17-18-35(22-26-11-6-3-7-12-26)29(32(34)36)20-24-9-4-2-5-10-24;/h2-16,19,21,29H,17-18,20,22-23H2,1H3,(H2,34,36);1H. The second kappa shape index (κ2) is 14.9. The molecule has 5 nitrogen and oxygen atoms in total. The van der Waals surface area contributed by atoms with Crippen molar-refractivity contribution in [2.45, 2.75) is 32.0 Å². The Morgan fingerprint density at radius 2 is 1.49 bits per heavy atom. The van der Waals surface area contributed by atoms with Crippen LogP contribution >= 0.6 is 12.4 Å². The summed E-state index contributed by atoms with van der Waals surface area (Å²) in [6.07, 6.45) is 1.23. The summed E-state index contributed by atoms with van der Waals surface area (Å²) in [7, 11) is 1.60. The van der Waals surface area contributed by atoms with Gasteiger partial charge in [0.25, 0.3) is 0 Å². The van der Waals surface area contributed by atoms with E-state index >= 15 is 0 Å². The molecule has 7 heteroatoms. The van der Waals surface area contributed by atoms with Gasteiger partial charge >= 0.3 is 0 Å². The minimum Gasteiger partial charge on any atom is -0.493 e. The summed E-state index contributed by atoms with van der Waals surface area (Å²) in [6.45, 7) is 1.47. The molecule has 4 aromatic carbocycles. The first-order chi connectivity index (χ1) is 18.5. The highest BCUT2D eigenvalue weighted by atomic mass is 35.5. The maximum Gasteiger partial charge on any atom is 0.235 e. The van der Waals surface area contributed by atoms with Crippen molar-refractivity contribution in [1.82, 2.24) is 4.90 Å². The molecule has 0 aliphatic carbocycles. The van der Waals surface area contributed by atoms with Gasteiger partial charge in [-0.15, -0.1) is 12.4 Å². The van der Waals surface area contributed by atoms with Crippen molar-refractivity contribution < 1.29 is 18.7 Å². The molecule has 0 saturated heterocycles. The van der Waals surface area contributed by atoms with E-state index in [-0.39, 0.29) is 30.7 Å². The van der Waals surface area contributed by atoms with Gasteiger partial charge in [0.1, 0.15) is 12.4 Å². The molecule has 0 saturated carbocycles. The number of halogens is 2. The molecule has 2 N–H and O–H groups in total. The zero-order valence-electron chi connectivity index (χ0n) is 22.0. The molecule has 4 rings (SSSR count). The van der Waals surface area contributed by atoms with Crippen molar-refractivity contribution in [3.8, 4) is 11.5 Å². The number of rotatable bonds is 13. The average molecular weight is 549 g/mol. The molecular weight excluding hydrogens is 515 g/mol. The van der Waals surface area contributed by atoms with Crippen LogP contribution in [0, 0.1) is 5.82 Å². The number of primary amides is 1. The van der Waals surface area contributed by atoms with Crippen LogP contribution in [0.15, 0.2) is 103 Å². The lowest BCUT2D eigenvalue weighted by molar-refractivity contribution is -0.123. The molecule has 0 spiro atoms. The van der Waals surface area contributed by atoms with E-state index in [9.17, 15) is 9.18 Å². The van der Waals surface area contributed by atoms with Gasteiger partial charge in [-0.1, -0.05) is 78.9 Å². The van der Waals surface area contributed by atoms with Gasteiger partial charge in [-0.05, 0) is 59.4 Å². The quantitative estimate of drug-likeness (QED) is 0.223. The highest BCUT2D eigenvalue weighted by Gasteiger charge is 2.24. The Kier molecular flexibility index (Phi) is 11.3. The van der Waals surface area contributed by atoms with Gasteiger partial charge in [-0.25, -0.2) is 4.39 Å². The fourth-order valence-electron chi connectivity index (χ4n) is 4.46. The summed E-state index contributed by atoms with van der Waals surface area (Å²) < 4.78 is 25.0. The van der Waals surface area contributed by atoms with E-state index in [0.29, 0.717) is 37.4 Å². The number of methoxy groups -OCH3 is 1. The number of nitrogens with two attached hydrogens (primary N) is 1. The number of carbonyl (C=O) groups excluding carboxylic acids is 1. The summed E-state index contributed by atoms with van der Waals surface area (Å²) >= 11 is 0. The first kappa shape index (κ1) is 29.7. The minimum absolute atomic E-state index is 0. The van der Waals surface area contributed by atoms with Crippen LogP contribution in [-0.4, -0.2) is 30.5 Å². The average Bonchev–Trinajstić information content (AvgIpc) is 2.94. The number of nitrogens with zero attached hydrogens (tertiary/aromatic N) is 1. The summed E-state index contributed by atoms with van der Waals surface area (Å²) in [4.78, 5) is 14.8. The van der Waals surface area contributed by atoms with Gasteiger partial charge in [0.15, 0.2) is 11.5 Å². The third kappa shape index (κ3) is 8.84. The lowest BCUT2D eigenvalue weighted by atomic mass is 10.0. The summed E-state index contributed by atoms with van der Waals surface area (Å²) in [5.41, 5.74) is 9.89. The minimum atomic E-state index is -0.451. The number of amides is 1. The van der Waals surface area contributed by atoms with Crippen molar-refractivity contribution in [2.24, 2.45) is 5.73 Å². The van der Waals surface area contributed by atoms with Gasteiger partial charge in [-0.3, -0.25) is 9.69 Å². The molecule has 39 heavy (non-hydrogen) atoms. The van der Waals surface area contributed by atoms with Gasteiger partial charge in [0, 0.05) is 13.1 Å². The van der Waals surface area contributed by atoms with E-state index in [0.717, 1.165) is 22.3 Å². The van der Waals surface area contributed by atoms with Crippen molar-refractivity contribution in [3.63, 3.8) is 0 Å². The largest absolute Gasteiger partial charge is 0.493 e. The lowest BCUT2D eigenvalue weighted by Gasteiger charge is -2.30. The van der Waals surface area contributed by atoms with Crippen molar-refractivity contribution in [3.05, 3.63) is 131 Å². The Labute approximate surface area is 235 Å². The topological polar surface area (TPSA) is 64.8 Å². The molecule has 0 radical (unpaired) electrons. The smallest absolute Gasteiger partial charge is 0.235 e. The van der Waals surface area contributed by atoms with Crippen LogP contribution in [0.25, 0.3) is 0 Å². The molecule has 0 fully saturated rings. The number of benzene rings is 4. The Bertz CT molecular complexity index is 1320. The van der Waals surface area contributed by atoms with Crippen LogP contribution in [0.1, 0.15) is 22.3 Å². The molecule has 0 aromatic heterocycles. The van der Waals surface area contributed by atoms with E-state index in [1.54, 1.807) is 13.2 Å². The normalized spacial score (nSPS) is 11.5. The fourth-order valence-corrected chi connectivity index (χ4v) is 4.46. The highest BCUT2D eigenvalue weighted by molar-refractivity contribution is 5.85. The maximum atomic E-state index is 13.5. The summed E-state index contributed by atoms with van der Waals surface area (Å²) in [6, 6.07) is 31.7. The Balaban J connectivity index is 0.00000420. The Morgan fingerprint density at radius 1 is 0.821 bits per heavy atom. The van der Waals surface area contributed by atoms with Crippen LogP contribution in [0.4, 0.5) is 4.39 Å². The highest BCUT2D eigenvalue weighted by Crippen LogP contribution is 2.29. The number of hydrogen-bond acceptors (Lipinski definition) is 4. The van der Waals surface area contributed by atoms with Crippen molar-refractivity contribution >= 4 is 18.3 Å². The predicted octanol–water partition coefficient (Wildman–Crippen LogP) is 5.98. The van der Waals surface area contributed by atoms with E-state index in [1.165, 1.54) is 12.1 Å². The first-order valence-corrected chi connectivity index (χ1v) is 12.7. The first-order valence-electron chi connectivity index (χ1n) is 12.7. The Hall–Kier alpha value is -3.87. The van der Waals surface area contributed by atoms with E-state index in [4.69, 9.17) is 15.2 Å². The zero-order chi connectivity index (χ0) is 26.7. The van der Waals surface area contributed by atoms with Crippen LogP contribution < -0.4 is 15.2 Å². The molecule has 1 atom stereocenters. The second-order valence-corrected chi connectivity index (χ2v) is 9.22. The Morgan fingerprint density at radius 3 is 2.13 bits per heavy atom. The van der Waals surface area contributed by atoms with Gasteiger partial charge in [0.2, 0.25) is 5.91 Å². The molecule has 204 valence electrons. The molecule has 0 aliphatic heterocycles. The number of carbonyl (C=O) groups is 1. The molecular formula is C32H34ClFN2O3. The van der Waals surface area contributed by atoms with E-state index in [2.05, 4.69) is 17.0 Å². The molecule has 1 unspecified atom stereocenters. The lowest BCUT2D eigenvalue weighted by Crippen LogP contribution is -2.46. The number of hydrogen-bond donors (Lipinski definition) is 1. The summed E-state index contributed by atoms with van der Waals surface area (Å²) in [5, 5.41) is 0. The van der Waals surface area contributed by atoms with Crippen molar-refractivity contribution in [2.75, 3.05) is 13.7 Å². The monoisotopic (exact) mass is 548 g/mol. The van der Waals surface area contributed by atoms with Gasteiger partial charge in [-0.2, -0.15) is 0 Å². The van der Waals surface area contributed by atoms with Gasteiger partial charge in [0.05, 0.1) is 13.2 Å². The SMILES string of the molecule is COc1cc(CCN(Cc2ccccc2)C(Cc2ccccc2)C(N)=O)ccc1OCc1cccc(F)c1.Cl. The second-order valence-electron chi connectivity index (χ2n) is 9.22. The van der Waals surface area contributed by atoms with Crippen LogP contribution in [0.2, 0.25) is 0 Å². The zero-order valence-corrected chi connectivity index (χ0v) is 22.8. The van der Waals surface area contributed by atoms with Crippen molar-refractivity contribution in [1.29, 1.82) is 0 Å². The van der Waals surface area contributed by atoms with E-state index in [1.807, 2.05) is 72.8 Å². The molecule has 4 aromatic rings. The van der Waals surface area contributed by atoms with Gasteiger partial charge < -0.3 is 15.2 Å². The molecule has 1 amide bonds. The third-order valence-electron chi connectivity index (χ3n) is 6.47. The van der Waals surface area contributed by atoms with Crippen LogP contribution in [0.5, 0.6) is 11.5 Å². The molecule has 0 aliphatic rings. The molecule has 0 heterocycles. The predicted molar refractivity (Wildman–Crippen MR) is 155 cm³/mol. The van der Waals surface area contributed by atoms with Crippen LogP contribution in [-0.2, 0) is 30.8 Å². The molecule has 0 bridgehead atoms. The third-order valence-corrected chi connectivity index (χ3v) is 6.47. The van der Waals surface area contributed by atoms with Crippen LogP contribution in [0.3, 0.4) is 0 Å². The maximum absolute atomic E-state index is 13.5. The summed E-state index contributed by atoms with van der Waals surface area (Å²) in [5.74, 6) is 0.545. The fraction of sp³-hybridized carbons (Fsp3) is 0.219.